The van der Waals surface area contributed by atoms with Gasteiger partial charge in [0, 0.05) is 28.4 Å². The second kappa shape index (κ2) is 3.95. The molecule has 0 atom stereocenters. The van der Waals surface area contributed by atoms with Gasteiger partial charge in [0.2, 0.25) is 0 Å². The lowest BCUT2D eigenvalue weighted by atomic mass is 9.94. The van der Waals surface area contributed by atoms with Crippen LogP contribution in [0.1, 0.15) is 35.8 Å². The SMILES string of the molecule is CC1=NCCSc2sc3c(c21)CCCC3. The Labute approximate surface area is 99.0 Å². The molecule has 0 fully saturated rings. The maximum absolute atomic E-state index is 4.65. The van der Waals surface area contributed by atoms with Crippen molar-refractivity contribution in [1.29, 1.82) is 0 Å². The first-order chi connectivity index (χ1) is 7.36. The van der Waals surface area contributed by atoms with Crippen molar-refractivity contribution in [1.82, 2.24) is 0 Å². The van der Waals surface area contributed by atoms with Crippen molar-refractivity contribution in [3.8, 4) is 0 Å². The van der Waals surface area contributed by atoms with E-state index < -0.39 is 0 Å². The van der Waals surface area contributed by atoms with Crippen LogP contribution in [0.25, 0.3) is 0 Å². The Morgan fingerprint density at radius 1 is 1.20 bits per heavy atom. The van der Waals surface area contributed by atoms with Gasteiger partial charge in [0.05, 0.1) is 4.21 Å². The second-order valence-electron chi connectivity index (χ2n) is 4.19. The van der Waals surface area contributed by atoms with E-state index in [-0.39, 0.29) is 0 Å². The van der Waals surface area contributed by atoms with E-state index in [9.17, 15) is 0 Å². The average Bonchev–Trinajstić information content (AvgIpc) is 2.53. The molecule has 0 saturated carbocycles. The van der Waals surface area contributed by atoms with Crippen molar-refractivity contribution < 1.29 is 0 Å². The summed E-state index contributed by atoms with van der Waals surface area (Å²) in [6, 6.07) is 0. The molecule has 1 aromatic rings. The van der Waals surface area contributed by atoms with Crippen molar-refractivity contribution in [2.45, 2.75) is 36.8 Å². The summed E-state index contributed by atoms with van der Waals surface area (Å²) in [5.74, 6) is 1.16. The van der Waals surface area contributed by atoms with Crippen molar-refractivity contribution in [3.63, 3.8) is 0 Å². The molecule has 2 heterocycles. The topological polar surface area (TPSA) is 12.4 Å². The third-order valence-electron chi connectivity index (χ3n) is 3.17. The zero-order chi connectivity index (χ0) is 10.3. The molecule has 0 aromatic carbocycles. The zero-order valence-electron chi connectivity index (χ0n) is 9.01. The van der Waals surface area contributed by atoms with Crippen LogP contribution >= 0.6 is 23.1 Å². The number of rotatable bonds is 0. The van der Waals surface area contributed by atoms with Crippen molar-refractivity contribution in [2.24, 2.45) is 4.99 Å². The maximum atomic E-state index is 4.65. The predicted molar refractivity (Wildman–Crippen MR) is 68.8 cm³/mol. The zero-order valence-corrected chi connectivity index (χ0v) is 10.6. The minimum absolute atomic E-state index is 0.993. The summed E-state index contributed by atoms with van der Waals surface area (Å²) >= 11 is 4.05. The molecule has 0 amide bonds. The van der Waals surface area contributed by atoms with Crippen LogP contribution < -0.4 is 0 Å². The average molecular weight is 237 g/mol. The number of thioether (sulfide) groups is 1. The third-order valence-corrected chi connectivity index (χ3v) is 5.72. The van der Waals surface area contributed by atoms with Gasteiger partial charge in [-0.05, 0) is 38.2 Å². The first kappa shape index (κ1) is 9.91. The normalized spacial score (nSPS) is 20.2. The molecular formula is C12H15NS2. The fraction of sp³-hybridized carbons (Fsp3) is 0.583. The molecule has 80 valence electrons. The van der Waals surface area contributed by atoms with Gasteiger partial charge in [-0.15, -0.1) is 23.1 Å². The molecule has 1 aliphatic carbocycles. The fourth-order valence-electron chi connectivity index (χ4n) is 2.44. The molecule has 2 aliphatic rings. The molecule has 0 saturated heterocycles. The molecule has 0 bridgehead atoms. The van der Waals surface area contributed by atoms with E-state index in [1.165, 1.54) is 37.0 Å². The fourth-order valence-corrected chi connectivity index (χ4v) is 5.18. The Bertz CT molecular complexity index is 418. The number of nitrogens with zero attached hydrogens (tertiary/aromatic N) is 1. The third kappa shape index (κ3) is 1.66. The van der Waals surface area contributed by atoms with Crippen LogP contribution in [0.2, 0.25) is 0 Å². The Kier molecular flexibility index (Phi) is 2.61. The van der Waals surface area contributed by atoms with E-state index in [0.717, 1.165) is 12.3 Å². The molecule has 0 spiro atoms. The molecule has 0 radical (unpaired) electrons. The summed E-state index contributed by atoms with van der Waals surface area (Å²) in [6.07, 6.45) is 5.34. The van der Waals surface area contributed by atoms with Crippen LogP contribution in [0, 0.1) is 0 Å². The molecule has 1 aliphatic heterocycles. The van der Waals surface area contributed by atoms with Crippen LogP contribution in [0.3, 0.4) is 0 Å². The van der Waals surface area contributed by atoms with E-state index in [1.54, 1.807) is 14.6 Å². The van der Waals surface area contributed by atoms with Crippen LogP contribution in [0.4, 0.5) is 0 Å². The lowest BCUT2D eigenvalue weighted by molar-refractivity contribution is 0.696. The summed E-state index contributed by atoms with van der Waals surface area (Å²) < 4.78 is 1.54. The number of thiophene rings is 1. The lowest BCUT2D eigenvalue weighted by Crippen LogP contribution is -2.04. The molecule has 0 N–H and O–H groups in total. The van der Waals surface area contributed by atoms with Crippen molar-refractivity contribution >= 4 is 28.8 Å². The molecule has 0 unspecified atom stereocenters. The van der Waals surface area contributed by atoms with E-state index in [2.05, 4.69) is 11.9 Å². The van der Waals surface area contributed by atoms with Gasteiger partial charge in [-0.2, -0.15) is 0 Å². The van der Waals surface area contributed by atoms with Gasteiger partial charge >= 0.3 is 0 Å². The van der Waals surface area contributed by atoms with Crippen molar-refractivity contribution in [3.05, 3.63) is 16.0 Å². The molecule has 15 heavy (non-hydrogen) atoms. The summed E-state index contributed by atoms with van der Waals surface area (Å²) in [6.45, 7) is 3.18. The highest BCUT2D eigenvalue weighted by atomic mass is 32.2. The van der Waals surface area contributed by atoms with Gasteiger partial charge in [-0.3, -0.25) is 4.99 Å². The molecular weight excluding hydrogens is 222 g/mol. The number of hydrogen-bond acceptors (Lipinski definition) is 3. The van der Waals surface area contributed by atoms with Gasteiger partial charge in [-0.25, -0.2) is 0 Å². The van der Waals surface area contributed by atoms with E-state index in [1.807, 2.05) is 23.1 Å². The van der Waals surface area contributed by atoms with E-state index in [4.69, 9.17) is 0 Å². The summed E-state index contributed by atoms with van der Waals surface area (Å²) in [5.41, 5.74) is 4.43. The standard InChI is InChI=1S/C12H15NS2/c1-8-11-9-4-2-3-5-10(9)15-12(11)14-7-6-13-8/h2-7H2,1H3. The highest BCUT2D eigenvalue weighted by Crippen LogP contribution is 2.41. The summed E-state index contributed by atoms with van der Waals surface area (Å²) in [5, 5.41) is 0. The molecule has 3 rings (SSSR count). The van der Waals surface area contributed by atoms with Crippen LogP contribution in [-0.4, -0.2) is 18.0 Å². The quantitative estimate of drug-likeness (QED) is 0.672. The summed E-state index contributed by atoms with van der Waals surface area (Å²) in [4.78, 5) is 6.30. The van der Waals surface area contributed by atoms with Gasteiger partial charge in [0.15, 0.2) is 0 Å². The Morgan fingerprint density at radius 3 is 3.00 bits per heavy atom. The minimum atomic E-state index is 0.993. The first-order valence-electron chi connectivity index (χ1n) is 5.65. The van der Waals surface area contributed by atoms with Crippen LogP contribution in [0.15, 0.2) is 9.20 Å². The smallest absolute Gasteiger partial charge is 0.0695 e. The van der Waals surface area contributed by atoms with Gasteiger partial charge < -0.3 is 0 Å². The van der Waals surface area contributed by atoms with E-state index >= 15 is 0 Å². The molecule has 3 heteroatoms. The Morgan fingerprint density at radius 2 is 2.07 bits per heavy atom. The number of hydrogen-bond donors (Lipinski definition) is 0. The highest BCUT2D eigenvalue weighted by molar-refractivity contribution is 8.01. The van der Waals surface area contributed by atoms with Crippen LogP contribution in [0.5, 0.6) is 0 Å². The number of aryl methyl sites for hydroxylation is 1. The molecule has 1 nitrogen and oxygen atoms in total. The second-order valence-corrected chi connectivity index (χ2v) is 6.66. The maximum Gasteiger partial charge on any atom is 0.0695 e. The van der Waals surface area contributed by atoms with Gasteiger partial charge in [0.1, 0.15) is 0 Å². The largest absolute Gasteiger partial charge is 0.288 e. The Hall–Kier alpha value is -0.280. The summed E-state index contributed by atoms with van der Waals surface area (Å²) in [7, 11) is 0. The molecule has 1 aromatic heterocycles. The Balaban J connectivity index is 2.16. The van der Waals surface area contributed by atoms with Crippen LogP contribution in [-0.2, 0) is 12.8 Å². The highest BCUT2D eigenvalue weighted by Gasteiger charge is 2.23. The monoisotopic (exact) mass is 237 g/mol. The van der Waals surface area contributed by atoms with Crippen molar-refractivity contribution in [2.75, 3.05) is 12.3 Å². The predicted octanol–water partition coefficient (Wildman–Crippen LogP) is 3.54. The van der Waals surface area contributed by atoms with Gasteiger partial charge in [0.25, 0.3) is 0 Å². The number of aliphatic imine (C=N–C) groups is 1. The number of fused-ring (bicyclic) bond motifs is 3. The minimum Gasteiger partial charge on any atom is -0.288 e. The lowest BCUT2D eigenvalue weighted by Gasteiger charge is -2.12. The van der Waals surface area contributed by atoms with Gasteiger partial charge in [-0.1, -0.05) is 0 Å². The first-order valence-corrected chi connectivity index (χ1v) is 7.45. The van der Waals surface area contributed by atoms with E-state index in [0.29, 0.717) is 0 Å².